The maximum atomic E-state index is 8.76. The Hall–Kier alpha value is -0.260. The van der Waals surface area contributed by atoms with Crippen LogP contribution in [0.1, 0.15) is 13.3 Å². The Morgan fingerprint density at radius 2 is 2.43 bits per heavy atom. The molecule has 0 saturated heterocycles. The fraction of sp³-hybridized carbons (Fsp3) is 0.444. The number of aliphatic hydroxyl groups is 1. The maximum Gasteiger partial charge on any atom is 0.119 e. The lowest BCUT2D eigenvalue weighted by Crippen LogP contribution is -2.01. The van der Waals surface area contributed by atoms with Gasteiger partial charge in [0.15, 0.2) is 0 Å². The minimum Gasteiger partial charge on any atom is -0.397 e. The average molecular weight is 277 g/mol. The van der Waals surface area contributed by atoms with Crippen molar-refractivity contribution in [3.05, 3.63) is 16.7 Å². The Kier molecular flexibility index (Phi) is 4.71. The summed E-state index contributed by atoms with van der Waals surface area (Å²) in [6, 6.07) is 1.83. The third-order valence-corrected chi connectivity index (χ3v) is 3.33. The second-order valence-corrected chi connectivity index (χ2v) is 5.33. The SMILES string of the molecule is CC(CCO)Sc1ncc(Br)cc1N. The second-order valence-electron chi connectivity index (χ2n) is 2.99. The topological polar surface area (TPSA) is 59.1 Å². The molecule has 0 saturated carbocycles. The number of aliphatic hydroxyl groups excluding tert-OH is 1. The van der Waals surface area contributed by atoms with Crippen LogP contribution in [0.4, 0.5) is 5.69 Å². The molecule has 1 aromatic rings. The standard InChI is InChI=1S/C9H13BrN2OS/c1-6(2-3-13)14-9-8(11)4-7(10)5-12-9/h4-6,13H,2-3,11H2,1H3. The molecule has 0 amide bonds. The highest BCUT2D eigenvalue weighted by Crippen LogP contribution is 2.29. The predicted molar refractivity (Wildman–Crippen MR) is 63.4 cm³/mol. The van der Waals surface area contributed by atoms with Crippen molar-refractivity contribution in [1.29, 1.82) is 0 Å². The molecule has 1 aromatic heterocycles. The lowest BCUT2D eigenvalue weighted by Gasteiger charge is -2.10. The number of nitrogens with zero attached hydrogens (tertiary/aromatic N) is 1. The quantitative estimate of drug-likeness (QED) is 0.829. The van der Waals surface area contributed by atoms with Crippen LogP contribution in [-0.4, -0.2) is 21.9 Å². The smallest absolute Gasteiger partial charge is 0.119 e. The van der Waals surface area contributed by atoms with Gasteiger partial charge < -0.3 is 10.8 Å². The molecule has 3 nitrogen and oxygen atoms in total. The van der Waals surface area contributed by atoms with E-state index in [0.29, 0.717) is 10.9 Å². The average Bonchev–Trinajstić information content (AvgIpc) is 2.10. The number of nitrogen functional groups attached to an aromatic ring is 1. The molecule has 0 bridgehead atoms. The Balaban J connectivity index is 2.67. The number of pyridine rings is 1. The van der Waals surface area contributed by atoms with E-state index in [1.807, 2.05) is 13.0 Å². The molecule has 14 heavy (non-hydrogen) atoms. The number of rotatable bonds is 4. The number of anilines is 1. The number of thioether (sulfide) groups is 1. The normalized spacial score (nSPS) is 12.8. The molecule has 1 unspecified atom stereocenters. The molecule has 78 valence electrons. The minimum absolute atomic E-state index is 0.199. The Morgan fingerprint density at radius 1 is 1.71 bits per heavy atom. The molecule has 1 atom stereocenters. The maximum absolute atomic E-state index is 8.76. The van der Waals surface area contributed by atoms with E-state index >= 15 is 0 Å². The Labute approximate surface area is 96.2 Å². The van der Waals surface area contributed by atoms with Crippen LogP contribution in [0.2, 0.25) is 0 Å². The van der Waals surface area contributed by atoms with Gasteiger partial charge in [0.2, 0.25) is 0 Å². The van der Waals surface area contributed by atoms with Gasteiger partial charge in [0.25, 0.3) is 0 Å². The first kappa shape index (κ1) is 11.8. The highest BCUT2D eigenvalue weighted by Gasteiger charge is 2.08. The Bertz CT molecular complexity index is 309. The zero-order valence-corrected chi connectivity index (χ0v) is 10.3. The van der Waals surface area contributed by atoms with Gasteiger partial charge in [-0.3, -0.25) is 0 Å². The molecule has 0 aliphatic carbocycles. The third kappa shape index (κ3) is 3.48. The molecule has 0 fully saturated rings. The summed E-state index contributed by atoms with van der Waals surface area (Å²) in [4.78, 5) is 4.21. The van der Waals surface area contributed by atoms with Crippen LogP contribution < -0.4 is 5.73 Å². The summed E-state index contributed by atoms with van der Waals surface area (Å²) in [6.07, 6.45) is 2.48. The minimum atomic E-state index is 0.199. The van der Waals surface area contributed by atoms with E-state index in [1.165, 1.54) is 0 Å². The van der Waals surface area contributed by atoms with Crippen molar-refractivity contribution < 1.29 is 5.11 Å². The molecule has 1 rings (SSSR count). The van der Waals surface area contributed by atoms with Crippen molar-refractivity contribution in [3.63, 3.8) is 0 Å². The number of nitrogens with two attached hydrogens (primary N) is 1. The highest BCUT2D eigenvalue weighted by atomic mass is 79.9. The van der Waals surface area contributed by atoms with Crippen LogP contribution in [0.3, 0.4) is 0 Å². The van der Waals surface area contributed by atoms with E-state index in [1.54, 1.807) is 18.0 Å². The summed E-state index contributed by atoms with van der Waals surface area (Å²) < 4.78 is 0.883. The van der Waals surface area contributed by atoms with E-state index in [9.17, 15) is 0 Å². The number of aromatic nitrogens is 1. The lowest BCUT2D eigenvalue weighted by atomic mass is 10.3. The van der Waals surface area contributed by atoms with E-state index in [2.05, 4.69) is 20.9 Å². The monoisotopic (exact) mass is 276 g/mol. The number of hydrogen-bond acceptors (Lipinski definition) is 4. The number of hydrogen-bond donors (Lipinski definition) is 2. The summed E-state index contributed by atoms with van der Waals surface area (Å²) >= 11 is 4.89. The van der Waals surface area contributed by atoms with Gasteiger partial charge in [-0.1, -0.05) is 6.92 Å². The summed E-state index contributed by atoms with van der Waals surface area (Å²) in [5.74, 6) is 0. The second kappa shape index (κ2) is 5.58. The molecule has 3 N–H and O–H groups in total. The van der Waals surface area contributed by atoms with Crippen LogP contribution >= 0.6 is 27.7 Å². The molecular formula is C9H13BrN2OS. The van der Waals surface area contributed by atoms with E-state index in [-0.39, 0.29) is 6.61 Å². The summed E-state index contributed by atoms with van der Waals surface area (Å²) in [5, 5.41) is 9.91. The Morgan fingerprint density at radius 3 is 3.00 bits per heavy atom. The molecule has 0 aromatic carbocycles. The third-order valence-electron chi connectivity index (χ3n) is 1.69. The van der Waals surface area contributed by atoms with Crippen LogP contribution in [0.5, 0.6) is 0 Å². The lowest BCUT2D eigenvalue weighted by molar-refractivity contribution is 0.289. The first-order chi connectivity index (χ1) is 6.63. The molecule has 1 heterocycles. The van der Waals surface area contributed by atoms with Crippen LogP contribution in [-0.2, 0) is 0 Å². The van der Waals surface area contributed by atoms with Gasteiger partial charge >= 0.3 is 0 Å². The van der Waals surface area contributed by atoms with E-state index in [0.717, 1.165) is 15.9 Å². The van der Waals surface area contributed by atoms with Gasteiger partial charge in [0.1, 0.15) is 5.03 Å². The molecule has 0 spiro atoms. The fourth-order valence-electron chi connectivity index (χ4n) is 0.972. The van der Waals surface area contributed by atoms with Crippen molar-refractivity contribution in [3.8, 4) is 0 Å². The summed E-state index contributed by atoms with van der Waals surface area (Å²) in [6.45, 7) is 2.24. The summed E-state index contributed by atoms with van der Waals surface area (Å²) in [5.41, 5.74) is 6.47. The van der Waals surface area contributed by atoms with Crippen molar-refractivity contribution in [2.75, 3.05) is 12.3 Å². The van der Waals surface area contributed by atoms with Crippen LogP contribution in [0.15, 0.2) is 21.8 Å². The van der Waals surface area contributed by atoms with Crippen molar-refractivity contribution in [2.24, 2.45) is 0 Å². The molecular weight excluding hydrogens is 264 g/mol. The van der Waals surface area contributed by atoms with Gasteiger partial charge in [-0.15, -0.1) is 11.8 Å². The van der Waals surface area contributed by atoms with Crippen molar-refractivity contribution in [2.45, 2.75) is 23.6 Å². The highest BCUT2D eigenvalue weighted by molar-refractivity contribution is 9.10. The van der Waals surface area contributed by atoms with E-state index < -0.39 is 0 Å². The van der Waals surface area contributed by atoms with Crippen molar-refractivity contribution in [1.82, 2.24) is 4.98 Å². The zero-order valence-electron chi connectivity index (χ0n) is 7.90. The van der Waals surface area contributed by atoms with Gasteiger partial charge in [0, 0.05) is 22.5 Å². The van der Waals surface area contributed by atoms with Gasteiger partial charge in [-0.05, 0) is 28.4 Å². The van der Waals surface area contributed by atoms with Crippen LogP contribution in [0, 0.1) is 0 Å². The van der Waals surface area contributed by atoms with E-state index in [4.69, 9.17) is 10.8 Å². The molecule has 0 aliphatic rings. The first-order valence-electron chi connectivity index (χ1n) is 4.32. The van der Waals surface area contributed by atoms with Gasteiger partial charge in [-0.25, -0.2) is 4.98 Å². The van der Waals surface area contributed by atoms with Gasteiger partial charge in [0.05, 0.1) is 5.69 Å². The fourth-order valence-corrected chi connectivity index (χ4v) is 2.23. The summed E-state index contributed by atoms with van der Waals surface area (Å²) in [7, 11) is 0. The first-order valence-corrected chi connectivity index (χ1v) is 5.99. The number of halogens is 1. The molecule has 0 radical (unpaired) electrons. The molecule has 0 aliphatic heterocycles. The van der Waals surface area contributed by atoms with Gasteiger partial charge in [-0.2, -0.15) is 0 Å². The molecule has 5 heteroatoms. The largest absolute Gasteiger partial charge is 0.397 e. The van der Waals surface area contributed by atoms with Crippen molar-refractivity contribution >= 4 is 33.4 Å². The zero-order chi connectivity index (χ0) is 10.6. The predicted octanol–water partition coefficient (Wildman–Crippen LogP) is 2.29. The van der Waals surface area contributed by atoms with Crippen LogP contribution in [0.25, 0.3) is 0 Å².